The standard InChI is InChI=1S/C12H20O2/c1-8(2)4-9(3)10-5-11(13)7-12(14)6-10/h8-10H,4-7H2,1-3H3. The van der Waals surface area contributed by atoms with Crippen LogP contribution in [0.4, 0.5) is 0 Å². The molecule has 2 nitrogen and oxygen atoms in total. The number of rotatable bonds is 3. The summed E-state index contributed by atoms with van der Waals surface area (Å²) >= 11 is 0. The zero-order valence-corrected chi connectivity index (χ0v) is 9.38. The van der Waals surface area contributed by atoms with Crippen molar-refractivity contribution in [2.24, 2.45) is 17.8 Å². The van der Waals surface area contributed by atoms with Crippen molar-refractivity contribution < 1.29 is 9.59 Å². The third kappa shape index (κ3) is 3.24. The predicted molar refractivity (Wildman–Crippen MR) is 56.0 cm³/mol. The SMILES string of the molecule is CC(C)CC(C)C1CC(=O)CC(=O)C1. The molecule has 0 bridgehead atoms. The third-order valence-corrected chi connectivity index (χ3v) is 3.02. The number of carbonyl (C=O) groups excluding carboxylic acids is 2. The molecule has 1 atom stereocenters. The summed E-state index contributed by atoms with van der Waals surface area (Å²) in [5.74, 6) is 1.75. The molecule has 14 heavy (non-hydrogen) atoms. The molecule has 0 heterocycles. The van der Waals surface area contributed by atoms with Gasteiger partial charge in [-0.05, 0) is 24.2 Å². The van der Waals surface area contributed by atoms with Crippen molar-refractivity contribution >= 4 is 11.6 Å². The fourth-order valence-electron chi connectivity index (χ4n) is 2.36. The van der Waals surface area contributed by atoms with Gasteiger partial charge in [0.15, 0.2) is 0 Å². The van der Waals surface area contributed by atoms with Gasteiger partial charge in [-0.1, -0.05) is 20.8 Å². The minimum absolute atomic E-state index is 0.141. The van der Waals surface area contributed by atoms with Crippen molar-refractivity contribution in [2.45, 2.75) is 46.5 Å². The van der Waals surface area contributed by atoms with Gasteiger partial charge in [0.2, 0.25) is 0 Å². The molecule has 0 aliphatic heterocycles. The molecule has 1 unspecified atom stereocenters. The average molecular weight is 196 g/mol. The van der Waals surface area contributed by atoms with Crippen LogP contribution in [-0.2, 0) is 9.59 Å². The molecule has 0 aromatic heterocycles. The first kappa shape index (κ1) is 11.4. The van der Waals surface area contributed by atoms with Gasteiger partial charge < -0.3 is 0 Å². The second kappa shape index (κ2) is 4.72. The molecule has 1 aliphatic rings. The number of hydrogen-bond acceptors (Lipinski definition) is 2. The van der Waals surface area contributed by atoms with Crippen LogP contribution in [0.1, 0.15) is 46.5 Å². The summed E-state index contributed by atoms with van der Waals surface area (Å²) in [5.41, 5.74) is 0. The average Bonchev–Trinajstić information content (AvgIpc) is 2.00. The topological polar surface area (TPSA) is 34.1 Å². The summed E-state index contributed by atoms with van der Waals surface area (Å²) in [4.78, 5) is 22.5. The van der Waals surface area contributed by atoms with Crippen molar-refractivity contribution in [1.29, 1.82) is 0 Å². The summed E-state index contributed by atoms with van der Waals surface area (Å²) in [6.07, 6.45) is 2.55. The summed E-state index contributed by atoms with van der Waals surface area (Å²) in [5, 5.41) is 0. The maximum absolute atomic E-state index is 11.3. The Kier molecular flexibility index (Phi) is 3.85. The van der Waals surface area contributed by atoms with Crippen LogP contribution in [0.25, 0.3) is 0 Å². The molecule has 0 saturated heterocycles. The van der Waals surface area contributed by atoms with Crippen LogP contribution in [0.15, 0.2) is 0 Å². The minimum Gasteiger partial charge on any atom is -0.299 e. The molecule has 1 rings (SSSR count). The summed E-state index contributed by atoms with van der Waals surface area (Å²) in [7, 11) is 0. The van der Waals surface area contributed by atoms with Crippen LogP contribution in [0.3, 0.4) is 0 Å². The van der Waals surface area contributed by atoms with E-state index in [9.17, 15) is 9.59 Å². The molecule has 1 fully saturated rings. The van der Waals surface area contributed by atoms with Gasteiger partial charge >= 0.3 is 0 Å². The Morgan fingerprint density at radius 1 is 1.14 bits per heavy atom. The van der Waals surface area contributed by atoms with Crippen molar-refractivity contribution in [2.75, 3.05) is 0 Å². The van der Waals surface area contributed by atoms with Crippen LogP contribution in [0.2, 0.25) is 0 Å². The van der Waals surface area contributed by atoms with Gasteiger partial charge in [-0.15, -0.1) is 0 Å². The molecule has 0 N–H and O–H groups in total. The Morgan fingerprint density at radius 2 is 1.64 bits per heavy atom. The van der Waals surface area contributed by atoms with Gasteiger partial charge in [0.25, 0.3) is 0 Å². The highest BCUT2D eigenvalue weighted by Crippen LogP contribution is 2.30. The molecule has 0 amide bonds. The molecule has 1 saturated carbocycles. The normalized spacial score (nSPS) is 21.7. The second-order valence-electron chi connectivity index (χ2n) is 5.03. The first-order chi connectivity index (χ1) is 6.49. The largest absolute Gasteiger partial charge is 0.299 e. The summed E-state index contributed by atoms with van der Waals surface area (Å²) in [6.45, 7) is 6.53. The lowest BCUT2D eigenvalue weighted by Gasteiger charge is -2.27. The maximum atomic E-state index is 11.3. The first-order valence-corrected chi connectivity index (χ1v) is 5.52. The quantitative estimate of drug-likeness (QED) is 0.650. The van der Waals surface area contributed by atoms with E-state index in [1.165, 1.54) is 0 Å². The van der Waals surface area contributed by atoms with Crippen molar-refractivity contribution in [3.8, 4) is 0 Å². The second-order valence-corrected chi connectivity index (χ2v) is 5.03. The molecule has 2 heteroatoms. The molecule has 0 radical (unpaired) electrons. The lowest BCUT2D eigenvalue weighted by atomic mass is 9.77. The predicted octanol–water partition coefficient (Wildman–Crippen LogP) is 2.61. The van der Waals surface area contributed by atoms with E-state index in [-0.39, 0.29) is 18.0 Å². The number of Topliss-reactive ketones (excluding diaryl/α,β-unsaturated/α-hetero) is 2. The Hall–Kier alpha value is -0.660. The fourth-order valence-corrected chi connectivity index (χ4v) is 2.36. The smallest absolute Gasteiger partial charge is 0.140 e. The molecular formula is C12H20O2. The lowest BCUT2D eigenvalue weighted by molar-refractivity contribution is -0.132. The van der Waals surface area contributed by atoms with Crippen LogP contribution < -0.4 is 0 Å². The van der Waals surface area contributed by atoms with Crippen LogP contribution in [0, 0.1) is 17.8 Å². The lowest BCUT2D eigenvalue weighted by Crippen LogP contribution is -2.27. The van der Waals surface area contributed by atoms with E-state index >= 15 is 0 Å². The van der Waals surface area contributed by atoms with Gasteiger partial charge in [0.1, 0.15) is 11.6 Å². The van der Waals surface area contributed by atoms with E-state index in [2.05, 4.69) is 20.8 Å². The van der Waals surface area contributed by atoms with Crippen LogP contribution in [-0.4, -0.2) is 11.6 Å². The number of ketones is 2. The summed E-state index contributed by atoms with van der Waals surface area (Å²) < 4.78 is 0. The van der Waals surface area contributed by atoms with Gasteiger partial charge in [-0.25, -0.2) is 0 Å². The van der Waals surface area contributed by atoms with E-state index < -0.39 is 0 Å². The van der Waals surface area contributed by atoms with E-state index in [1.54, 1.807) is 0 Å². The molecule has 0 spiro atoms. The highest BCUT2D eigenvalue weighted by Gasteiger charge is 2.29. The van der Waals surface area contributed by atoms with E-state index in [0.29, 0.717) is 30.6 Å². The van der Waals surface area contributed by atoms with E-state index in [0.717, 1.165) is 6.42 Å². The Bertz CT molecular complexity index is 214. The van der Waals surface area contributed by atoms with Gasteiger partial charge in [0, 0.05) is 12.8 Å². The van der Waals surface area contributed by atoms with Gasteiger partial charge in [0.05, 0.1) is 6.42 Å². The Morgan fingerprint density at radius 3 is 2.07 bits per heavy atom. The minimum atomic E-state index is 0.141. The Labute approximate surface area is 86.1 Å². The zero-order chi connectivity index (χ0) is 10.7. The molecule has 1 aliphatic carbocycles. The number of carbonyl (C=O) groups is 2. The Balaban J connectivity index is 2.50. The fraction of sp³-hybridized carbons (Fsp3) is 0.833. The van der Waals surface area contributed by atoms with Crippen LogP contribution in [0.5, 0.6) is 0 Å². The van der Waals surface area contributed by atoms with Crippen LogP contribution >= 0.6 is 0 Å². The van der Waals surface area contributed by atoms with Gasteiger partial charge in [-0.2, -0.15) is 0 Å². The molecule has 0 aromatic carbocycles. The summed E-state index contributed by atoms with van der Waals surface area (Å²) in [6, 6.07) is 0. The van der Waals surface area contributed by atoms with E-state index in [1.807, 2.05) is 0 Å². The molecule has 80 valence electrons. The van der Waals surface area contributed by atoms with Crippen molar-refractivity contribution in [1.82, 2.24) is 0 Å². The number of hydrogen-bond donors (Lipinski definition) is 0. The van der Waals surface area contributed by atoms with Crippen molar-refractivity contribution in [3.63, 3.8) is 0 Å². The first-order valence-electron chi connectivity index (χ1n) is 5.52. The van der Waals surface area contributed by atoms with E-state index in [4.69, 9.17) is 0 Å². The molecule has 0 aromatic rings. The van der Waals surface area contributed by atoms with Crippen molar-refractivity contribution in [3.05, 3.63) is 0 Å². The highest BCUT2D eigenvalue weighted by molar-refractivity contribution is 6.01. The zero-order valence-electron chi connectivity index (χ0n) is 9.38. The van der Waals surface area contributed by atoms with Gasteiger partial charge in [-0.3, -0.25) is 9.59 Å². The third-order valence-electron chi connectivity index (χ3n) is 3.02. The monoisotopic (exact) mass is 196 g/mol. The maximum Gasteiger partial charge on any atom is 0.140 e. The highest BCUT2D eigenvalue weighted by atomic mass is 16.1. The molecular weight excluding hydrogens is 176 g/mol.